The number of rotatable bonds is 8. The van der Waals surface area contributed by atoms with Crippen LogP contribution in [0.25, 0.3) is 17.1 Å². The summed E-state index contributed by atoms with van der Waals surface area (Å²) in [6.45, 7) is 0.0714. The van der Waals surface area contributed by atoms with Crippen LogP contribution in [-0.2, 0) is 0 Å². The highest BCUT2D eigenvalue weighted by molar-refractivity contribution is 7.99. The lowest BCUT2D eigenvalue weighted by atomic mass is 10.2. The van der Waals surface area contributed by atoms with Gasteiger partial charge in [-0.2, -0.15) is 0 Å². The SMILES string of the molecule is O[C@@H](COc1cc(Cl)ccc1Cl)CSc1nnc(-c2cccnc2)n1-c1ccccc1. The largest absolute Gasteiger partial charge is 0.489 e. The van der Waals surface area contributed by atoms with Crippen LogP contribution in [-0.4, -0.2) is 43.3 Å². The van der Waals surface area contributed by atoms with Crippen LogP contribution in [0.4, 0.5) is 0 Å². The van der Waals surface area contributed by atoms with Crippen molar-refractivity contribution in [3.05, 3.63) is 83.1 Å². The van der Waals surface area contributed by atoms with Crippen molar-refractivity contribution in [2.45, 2.75) is 11.3 Å². The summed E-state index contributed by atoms with van der Waals surface area (Å²) in [4.78, 5) is 4.18. The van der Waals surface area contributed by atoms with E-state index in [2.05, 4.69) is 15.2 Å². The first-order chi connectivity index (χ1) is 15.1. The Balaban J connectivity index is 1.49. The summed E-state index contributed by atoms with van der Waals surface area (Å²) in [7, 11) is 0. The van der Waals surface area contributed by atoms with Crippen LogP contribution in [0.15, 0.2) is 78.2 Å². The minimum atomic E-state index is -0.747. The molecule has 0 saturated heterocycles. The molecule has 0 aliphatic heterocycles. The molecule has 0 aliphatic rings. The topological polar surface area (TPSA) is 73.1 Å². The lowest BCUT2D eigenvalue weighted by Gasteiger charge is -2.14. The molecule has 1 atom stereocenters. The molecule has 1 N–H and O–H groups in total. The van der Waals surface area contributed by atoms with Crippen LogP contribution in [0.5, 0.6) is 5.75 Å². The highest BCUT2D eigenvalue weighted by atomic mass is 35.5. The average Bonchev–Trinajstić information content (AvgIpc) is 3.23. The van der Waals surface area contributed by atoms with Crippen LogP contribution in [0.3, 0.4) is 0 Å². The summed E-state index contributed by atoms with van der Waals surface area (Å²) in [5.41, 5.74) is 1.77. The number of aromatic nitrogens is 4. The molecule has 4 aromatic rings. The Bertz CT molecular complexity index is 1140. The second-order valence-corrected chi connectivity index (χ2v) is 8.40. The van der Waals surface area contributed by atoms with Crippen LogP contribution < -0.4 is 4.74 Å². The molecule has 0 saturated carbocycles. The zero-order chi connectivity index (χ0) is 21.6. The third-order valence-electron chi connectivity index (χ3n) is 4.30. The predicted molar refractivity (Wildman–Crippen MR) is 123 cm³/mol. The third-order valence-corrected chi connectivity index (χ3v) is 5.92. The van der Waals surface area contributed by atoms with E-state index in [1.54, 1.807) is 30.6 Å². The number of hydrogen-bond donors (Lipinski definition) is 1. The van der Waals surface area contributed by atoms with Crippen molar-refractivity contribution >= 4 is 35.0 Å². The summed E-state index contributed by atoms with van der Waals surface area (Å²) < 4.78 is 7.57. The van der Waals surface area contributed by atoms with Gasteiger partial charge in [-0.25, -0.2) is 0 Å². The van der Waals surface area contributed by atoms with Gasteiger partial charge in [0.2, 0.25) is 0 Å². The molecule has 0 spiro atoms. The lowest BCUT2D eigenvalue weighted by molar-refractivity contribution is 0.126. The van der Waals surface area contributed by atoms with Crippen molar-refractivity contribution in [2.75, 3.05) is 12.4 Å². The van der Waals surface area contributed by atoms with E-state index in [1.807, 2.05) is 47.0 Å². The van der Waals surface area contributed by atoms with Crippen molar-refractivity contribution in [1.29, 1.82) is 0 Å². The zero-order valence-corrected chi connectivity index (χ0v) is 18.6. The van der Waals surface area contributed by atoms with Gasteiger partial charge in [-0.1, -0.05) is 53.2 Å². The minimum Gasteiger partial charge on any atom is -0.489 e. The van der Waals surface area contributed by atoms with E-state index in [0.29, 0.717) is 32.5 Å². The molecular formula is C22H18Cl2N4O2S. The Morgan fingerprint density at radius 1 is 1.03 bits per heavy atom. The van der Waals surface area contributed by atoms with Crippen molar-refractivity contribution in [2.24, 2.45) is 0 Å². The second-order valence-electron chi connectivity index (χ2n) is 6.57. The average molecular weight is 473 g/mol. The molecule has 158 valence electrons. The minimum absolute atomic E-state index is 0.0714. The number of thioether (sulfide) groups is 1. The summed E-state index contributed by atoms with van der Waals surface area (Å²) in [6.07, 6.45) is 2.71. The third kappa shape index (κ3) is 5.37. The quantitative estimate of drug-likeness (QED) is 0.356. The maximum Gasteiger partial charge on any atom is 0.196 e. The van der Waals surface area contributed by atoms with E-state index in [9.17, 15) is 5.11 Å². The van der Waals surface area contributed by atoms with Gasteiger partial charge in [-0.3, -0.25) is 9.55 Å². The van der Waals surface area contributed by atoms with Crippen LogP contribution in [0, 0.1) is 0 Å². The van der Waals surface area contributed by atoms with E-state index in [0.717, 1.165) is 11.3 Å². The smallest absolute Gasteiger partial charge is 0.196 e. The predicted octanol–water partition coefficient (Wildman–Crippen LogP) is 5.17. The van der Waals surface area contributed by atoms with Gasteiger partial charge in [-0.15, -0.1) is 10.2 Å². The molecule has 2 aromatic heterocycles. The van der Waals surface area contributed by atoms with Crippen molar-refractivity contribution in [3.63, 3.8) is 0 Å². The Hall–Kier alpha value is -2.58. The molecule has 2 heterocycles. The molecule has 31 heavy (non-hydrogen) atoms. The number of aliphatic hydroxyl groups excluding tert-OH is 1. The standard InChI is InChI=1S/C22H18Cl2N4O2S/c23-16-8-9-19(24)20(11-16)30-13-18(29)14-31-22-27-26-21(15-5-4-10-25-12-15)28(22)17-6-2-1-3-7-17/h1-12,18,29H,13-14H2/t18-/m0/s1. The first-order valence-corrected chi connectivity index (χ1v) is 11.2. The van der Waals surface area contributed by atoms with Gasteiger partial charge >= 0.3 is 0 Å². The number of aliphatic hydroxyl groups is 1. The molecule has 0 radical (unpaired) electrons. The Morgan fingerprint density at radius 2 is 1.87 bits per heavy atom. The summed E-state index contributed by atoms with van der Waals surface area (Å²) in [5.74, 6) is 1.47. The van der Waals surface area contributed by atoms with Gasteiger partial charge in [-0.05, 0) is 36.4 Å². The van der Waals surface area contributed by atoms with Gasteiger partial charge in [0.25, 0.3) is 0 Å². The van der Waals surface area contributed by atoms with Crippen LogP contribution in [0.2, 0.25) is 10.0 Å². The number of nitrogens with zero attached hydrogens (tertiary/aromatic N) is 4. The van der Waals surface area contributed by atoms with Crippen molar-refractivity contribution in [1.82, 2.24) is 19.7 Å². The van der Waals surface area contributed by atoms with E-state index in [1.165, 1.54) is 11.8 Å². The summed E-state index contributed by atoms with van der Waals surface area (Å²) in [6, 6.07) is 18.6. The molecule has 0 bridgehead atoms. The maximum atomic E-state index is 10.4. The highest BCUT2D eigenvalue weighted by Crippen LogP contribution is 2.29. The molecule has 9 heteroatoms. The zero-order valence-electron chi connectivity index (χ0n) is 16.2. The monoisotopic (exact) mass is 472 g/mol. The first kappa shape index (κ1) is 21.6. The molecule has 0 amide bonds. The molecule has 0 fully saturated rings. The number of benzene rings is 2. The fourth-order valence-corrected chi connectivity index (χ4v) is 4.04. The Kier molecular flexibility index (Phi) is 7.09. The fraction of sp³-hybridized carbons (Fsp3) is 0.136. The maximum absolute atomic E-state index is 10.4. The molecule has 2 aromatic carbocycles. The van der Waals surface area contributed by atoms with Gasteiger partial charge in [0, 0.05) is 40.5 Å². The lowest BCUT2D eigenvalue weighted by Crippen LogP contribution is -2.20. The molecule has 6 nitrogen and oxygen atoms in total. The molecule has 0 unspecified atom stereocenters. The number of hydrogen-bond acceptors (Lipinski definition) is 6. The Labute approximate surface area is 193 Å². The van der Waals surface area contributed by atoms with Gasteiger partial charge in [0.15, 0.2) is 11.0 Å². The normalized spacial score (nSPS) is 12.0. The molecule has 4 rings (SSSR count). The number of para-hydroxylation sites is 1. The van der Waals surface area contributed by atoms with E-state index in [4.69, 9.17) is 27.9 Å². The van der Waals surface area contributed by atoms with Crippen LogP contribution >= 0.6 is 35.0 Å². The molecule has 0 aliphatic carbocycles. The van der Waals surface area contributed by atoms with E-state index in [-0.39, 0.29) is 6.61 Å². The van der Waals surface area contributed by atoms with Crippen molar-refractivity contribution < 1.29 is 9.84 Å². The van der Waals surface area contributed by atoms with Gasteiger partial charge < -0.3 is 9.84 Å². The van der Waals surface area contributed by atoms with Gasteiger partial charge in [0.05, 0.1) is 11.1 Å². The van der Waals surface area contributed by atoms with Gasteiger partial charge in [0.1, 0.15) is 12.4 Å². The number of ether oxygens (including phenoxy) is 1. The van der Waals surface area contributed by atoms with E-state index >= 15 is 0 Å². The fourth-order valence-electron chi connectivity index (χ4n) is 2.85. The Morgan fingerprint density at radius 3 is 2.65 bits per heavy atom. The highest BCUT2D eigenvalue weighted by Gasteiger charge is 2.18. The second kappa shape index (κ2) is 10.2. The summed E-state index contributed by atoms with van der Waals surface area (Å²) in [5, 5.41) is 20.7. The van der Waals surface area contributed by atoms with Crippen LogP contribution in [0.1, 0.15) is 0 Å². The summed E-state index contributed by atoms with van der Waals surface area (Å²) >= 11 is 13.5. The molecular weight excluding hydrogens is 455 g/mol. The first-order valence-electron chi connectivity index (χ1n) is 9.42. The van der Waals surface area contributed by atoms with E-state index < -0.39 is 6.10 Å². The van der Waals surface area contributed by atoms with Crippen molar-refractivity contribution in [3.8, 4) is 22.8 Å². The number of pyridine rings is 1. The number of halogens is 2.